The zero-order valence-electron chi connectivity index (χ0n) is 13.2. The lowest BCUT2D eigenvalue weighted by atomic mass is 10.1. The summed E-state index contributed by atoms with van der Waals surface area (Å²) in [6.07, 6.45) is 0. The van der Waals surface area contributed by atoms with Crippen molar-refractivity contribution in [2.24, 2.45) is 5.92 Å². The van der Waals surface area contributed by atoms with Gasteiger partial charge in [0.15, 0.2) is 0 Å². The molecule has 0 aliphatic rings. The monoisotopic (exact) mass is 355 g/mol. The van der Waals surface area contributed by atoms with E-state index < -0.39 is 18.9 Å². The van der Waals surface area contributed by atoms with Gasteiger partial charge < -0.3 is 9.26 Å². The summed E-state index contributed by atoms with van der Waals surface area (Å²) in [5.74, 6) is -0.311. The number of benzene rings is 2. The number of ether oxygens (including phenoxy) is 1. The van der Waals surface area contributed by atoms with Crippen molar-refractivity contribution < 1.29 is 18.6 Å². The highest BCUT2D eigenvalue weighted by Gasteiger charge is 2.33. The molecule has 0 radical (unpaired) electrons. The fraction of sp³-hybridized carbons (Fsp3) is 0.312. The van der Waals surface area contributed by atoms with E-state index in [-0.39, 0.29) is 5.92 Å². The van der Waals surface area contributed by atoms with Crippen molar-refractivity contribution in [3.05, 3.63) is 42.5 Å². The van der Waals surface area contributed by atoms with E-state index in [2.05, 4.69) is 5.09 Å². The SMILES string of the molecule is COC(=O)[C@H](NP(=O)(Cl)Oc1cccc2ccccc12)C(C)C. The van der Waals surface area contributed by atoms with Gasteiger partial charge >= 0.3 is 12.8 Å². The molecular formula is C16H19ClNO4P. The van der Waals surface area contributed by atoms with Gasteiger partial charge in [-0.3, -0.25) is 4.79 Å². The molecule has 5 nitrogen and oxygen atoms in total. The standard InChI is InChI=1S/C16H19ClNO4P/c1-11(2)15(16(19)21-3)18-23(17,20)22-14-10-6-8-12-7-4-5-9-13(12)14/h4-11,15H,1-3H3,(H,18,20)/t15-,23?/m1/s1. The topological polar surface area (TPSA) is 64.6 Å². The van der Waals surface area contributed by atoms with Crippen molar-refractivity contribution in [3.63, 3.8) is 0 Å². The van der Waals surface area contributed by atoms with Crippen LogP contribution in [0, 0.1) is 5.92 Å². The third-order valence-electron chi connectivity index (χ3n) is 3.38. The van der Waals surface area contributed by atoms with Crippen LogP contribution in [0.3, 0.4) is 0 Å². The summed E-state index contributed by atoms with van der Waals surface area (Å²) in [5, 5.41) is 4.31. The number of esters is 1. The number of hydrogen-bond donors (Lipinski definition) is 1. The molecule has 2 aromatic carbocycles. The lowest BCUT2D eigenvalue weighted by Crippen LogP contribution is -2.39. The van der Waals surface area contributed by atoms with Gasteiger partial charge in [0.25, 0.3) is 0 Å². The summed E-state index contributed by atoms with van der Waals surface area (Å²) >= 11 is 6.03. The first-order valence-electron chi connectivity index (χ1n) is 7.17. The molecule has 0 amide bonds. The van der Waals surface area contributed by atoms with Crippen LogP contribution in [0.2, 0.25) is 0 Å². The molecule has 0 saturated carbocycles. The Morgan fingerprint density at radius 2 is 1.83 bits per heavy atom. The molecule has 0 bridgehead atoms. The first-order valence-corrected chi connectivity index (χ1v) is 9.69. The van der Waals surface area contributed by atoms with Crippen LogP contribution in [-0.2, 0) is 14.1 Å². The summed E-state index contributed by atoms with van der Waals surface area (Å²) < 4.78 is 22.8. The van der Waals surface area contributed by atoms with E-state index in [0.29, 0.717) is 5.75 Å². The molecule has 2 atom stereocenters. The summed E-state index contributed by atoms with van der Waals surface area (Å²) in [7, 11) is 1.27. The molecule has 124 valence electrons. The smallest absolute Gasteiger partial charge is 0.409 e. The van der Waals surface area contributed by atoms with Gasteiger partial charge in [0.2, 0.25) is 0 Å². The molecule has 2 aromatic rings. The second-order valence-electron chi connectivity index (χ2n) is 5.42. The second-order valence-corrected chi connectivity index (χ2v) is 8.16. The van der Waals surface area contributed by atoms with Crippen LogP contribution in [0.25, 0.3) is 10.8 Å². The maximum atomic E-state index is 12.6. The normalized spacial score (nSPS) is 15.2. The fourth-order valence-electron chi connectivity index (χ4n) is 2.20. The Hall–Kier alpha value is -1.55. The molecule has 1 unspecified atom stereocenters. The summed E-state index contributed by atoms with van der Waals surface area (Å²) in [6.45, 7) is -0.184. The molecule has 0 aliphatic carbocycles. The molecule has 0 aliphatic heterocycles. The number of rotatable bonds is 6. The average Bonchev–Trinajstić information content (AvgIpc) is 2.52. The minimum absolute atomic E-state index is 0.161. The van der Waals surface area contributed by atoms with E-state index >= 15 is 0 Å². The van der Waals surface area contributed by atoms with Crippen molar-refractivity contribution in [1.82, 2.24) is 5.09 Å². The van der Waals surface area contributed by atoms with Gasteiger partial charge in [-0.15, -0.1) is 0 Å². The van der Waals surface area contributed by atoms with Gasteiger partial charge in [-0.2, -0.15) is 0 Å². The van der Waals surface area contributed by atoms with Crippen LogP contribution < -0.4 is 9.61 Å². The van der Waals surface area contributed by atoms with Crippen molar-refractivity contribution >= 4 is 34.9 Å². The maximum absolute atomic E-state index is 12.6. The highest BCUT2D eigenvalue weighted by molar-refractivity contribution is 7.84. The van der Waals surface area contributed by atoms with Crippen LogP contribution in [0.1, 0.15) is 13.8 Å². The van der Waals surface area contributed by atoms with E-state index in [1.807, 2.05) is 30.3 Å². The molecule has 0 fully saturated rings. The molecule has 7 heteroatoms. The van der Waals surface area contributed by atoms with Crippen LogP contribution in [-0.4, -0.2) is 19.1 Å². The largest absolute Gasteiger partial charge is 0.468 e. The van der Waals surface area contributed by atoms with Crippen molar-refractivity contribution in [2.45, 2.75) is 19.9 Å². The molecule has 2 rings (SSSR count). The average molecular weight is 356 g/mol. The number of carbonyl (C=O) groups excluding carboxylic acids is 1. The minimum Gasteiger partial charge on any atom is -0.468 e. The lowest BCUT2D eigenvalue weighted by molar-refractivity contribution is -0.143. The number of halogens is 1. The van der Waals surface area contributed by atoms with E-state index in [4.69, 9.17) is 20.5 Å². The molecule has 23 heavy (non-hydrogen) atoms. The van der Waals surface area contributed by atoms with E-state index in [0.717, 1.165) is 10.8 Å². The van der Waals surface area contributed by atoms with Crippen molar-refractivity contribution in [3.8, 4) is 5.75 Å². The highest BCUT2D eigenvalue weighted by Crippen LogP contribution is 2.50. The number of fused-ring (bicyclic) bond motifs is 1. The number of carbonyl (C=O) groups is 1. The lowest BCUT2D eigenvalue weighted by Gasteiger charge is -2.23. The Balaban J connectivity index is 2.26. The van der Waals surface area contributed by atoms with Gasteiger partial charge in [0.05, 0.1) is 7.11 Å². The van der Waals surface area contributed by atoms with Gasteiger partial charge in [-0.25, -0.2) is 9.65 Å². The summed E-state index contributed by atoms with van der Waals surface area (Å²) in [4.78, 5) is 11.8. The Bertz CT molecular complexity index is 744. The second kappa shape index (κ2) is 7.35. The molecule has 0 heterocycles. The molecule has 0 aromatic heterocycles. The predicted molar refractivity (Wildman–Crippen MR) is 91.8 cm³/mol. The van der Waals surface area contributed by atoms with Gasteiger partial charge in [0, 0.05) is 16.6 Å². The summed E-state index contributed by atoms with van der Waals surface area (Å²) in [6, 6.07) is 12.1. The van der Waals surface area contributed by atoms with Crippen molar-refractivity contribution in [1.29, 1.82) is 0 Å². The van der Waals surface area contributed by atoms with E-state index in [1.165, 1.54) is 7.11 Å². The van der Waals surface area contributed by atoms with E-state index in [1.54, 1.807) is 26.0 Å². The third kappa shape index (κ3) is 4.47. The molecular weight excluding hydrogens is 337 g/mol. The van der Waals surface area contributed by atoms with Gasteiger partial charge in [0.1, 0.15) is 11.8 Å². The number of nitrogens with one attached hydrogen (secondary N) is 1. The number of hydrogen-bond acceptors (Lipinski definition) is 4. The van der Waals surface area contributed by atoms with Gasteiger partial charge in [-0.05, 0) is 17.4 Å². The quantitative estimate of drug-likeness (QED) is 0.616. The highest BCUT2D eigenvalue weighted by atomic mass is 35.7. The van der Waals surface area contributed by atoms with Gasteiger partial charge in [-0.1, -0.05) is 50.2 Å². The van der Waals surface area contributed by atoms with Crippen molar-refractivity contribution in [2.75, 3.05) is 7.11 Å². The van der Waals surface area contributed by atoms with Crippen LogP contribution in [0.5, 0.6) is 5.75 Å². The zero-order valence-corrected chi connectivity index (χ0v) is 14.8. The van der Waals surface area contributed by atoms with Crippen LogP contribution in [0.4, 0.5) is 0 Å². The zero-order chi connectivity index (χ0) is 17.0. The molecule has 1 N–H and O–H groups in total. The Morgan fingerprint density at radius 1 is 1.17 bits per heavy atom. The third-order valence-corrected chi connectivity index (χ3v) is 4.90. The summed E-state index contributed by atoms with van der Waals surface area (Å²) in [5.41, 5.74) is 0. The van der Waals surface area contributed by atoms with E-state index in [9.17, 15) is 9.36 Å². The van der Waals surface area contributed by atoms with Crippen LogP contribution in [0.15, 0.2) is 42.5 Å². The fourth-order valence-corrected chi connectivity index (χ4v) is 3.93. The number of methoxy groups -OCH3 is 1. The molecule has 0 spiro atoms. The van der Waals surface area contributed by atoms with Crippen LogP contribution >= 0.6 is 18.1 Å². The Labute approximate surface area is 140 Å². The minimum atomic E-state index is -3.77. The molecule has 0 saturated heterocycles. The maximum Gasteiger partial charge on any atom is 0.409 e. The first-order chi connectivity index (χ1) is 10.8. The first kappa shape index (κ1) is 17.8. The Kier molecular flexibility index (Phi) is 5.69. The predicted octanol–water partition coefficient (Wildman–Crippen LogP) is 4.35. The Morgan fingerprint density at radius 3 is 2.48 bits per heavy atom.